The van der Waals surface area contributed by atoms with Crippen molar-refractivity contribution in [3.8, 4) is 0 Å². The van der Waals surface area contributed by atoms with Crippen LogP contribution in [0.15, 0.2) is 24.8 Å². The first-order valence-corrected chi connectivity index (χ1v) is 4.77. The molecule has 80 valence electrons. The number of hydrogen-bond acceptors (Lipinski definition) is 1. The first-order valence-electron chi connectivity index (χ1n) is 4.77. The van der Waals surface area contributed by atoms with Crippen LogP contribution >= 0.6 is 0 Å². The molecule has 0 fully saturated rings. The maximum Gasteiger partial charge on any atom is 0.251 e. The Bertz CT molecular complexity index is 385. The first-order chi connectivity index (χ1) is 7.02. The molecule has 1 amide bonds. The zero-order chi connectivity index (χ0) is 11.4. The molecule has 0 aliphatic carbocycles. The van der Waals surface area contributed by atoms with Gasteiger partial charge in [-0.25, -0.2) is 4.39 Å². The van der Waals surface area contributed by atoms with E-state index in [1.165, 1.54) is 18.2 Å². The van der Waals surface area contributed by atoms with Crippen molar-refractivity contribution in [3.63, 3.8) is 0 Å². The fourth-order valence-electron chi connectivity index (χ4n) is 1.21. The average Bonchev–Trinajstić information content (AvgIpc) is 2.15. The molecule has 3 heteroatoms. The summed E-state index contributed by atoms with van der Waals surface area (Å²) < 4.78 is 13.1. The summed E-state index contributed by atoms with van der Waals surface area (Å²) >= 11 is 0. The molecule has 1 rings (SSSR count). The lowest BCUT2D eigenvalue weighted by molar-refractivity contribution is 0.0942. The Kier molecular flexibility index (Phi) is 3.61. The summed E-state index contributed by atoms with van der Waals surface area (Å²) in [5.74, 6) is -0.700. The lowest BCUT2D eigenvalue weighted by Crippen LogP contribution is -2.30. The molecule has 2 nitrogen and oxygen atoms in total. The number of hydrogen-bond donors (Lipinski definition) is 1. The number of benzene rings is 1. The summed E-state index contributed by atoms with van der Waals surface area (Å²) in [5, 5.41) is 2.70. The van der Waals surface area contributed by atoms with Gasteiger partial charge in [0.25, 0.3) is 5.91 Å². The van der Waals surface area contributed by atoms with E-state index in [0.29, 0.717) is 11.1 Å². The van der Waals surface area contributed by atoms with Gasteiger partial charge in [-0.1, -0.05) is 12.7 Å². The molecule has 0 aliphatic rings. The lowest BCUT2D eigenvalue weighted by Gasteiger charge is -2.08. The predicted octanol–water partition coefficient (Wildman–Crippen LogP) is 2.61. The third-order valence-electron chi connectivity index (χ3n) is 1.84. The van der Waals surface area contributed by atoms with Crippen LogP contribution in [-0.2, 0) is 0 Å². The van der Waals surface area contributed by atoms with Gasteiger partial charge in [0.05, 0.1) is 0 Å². The number of nitrogens with one attached hydrogen (secondary N) is 1. The van der Waals surface area contributed by atoms with E-state index in [2.05, 4.69) is 11.9 Å². The minimum absolute atomic E-state index is 0.0351. The second-order valence-electron chi connectivity index (χ2n) is 3.61. The minimum atomic E-state index is -0.429. The molecule has 0 heterocycles. The summed E-state index contributed by atoms with van der Waals surface area (Å²) in [7, 11) is 0. The molecule has 0 unspecified atom stereocenters. The Hall–Kier alpha value is -1.64. The third kappa shape index (κ3) is 3.20. The summed E-state index contributed by atoms with van der Waals surface area (Å²) in [6, 6.07) is 4.19. The molecule has 0 aromatic heterocycles. The topological polar surface area (TPSA) is 29.1 Å². The summed E-state index contributed by atoms with van der Waals surface area (Å²) in [4.78, 5) is 11.6. The van der Waals surface area contributed by atoms with Crippen molar-refractivity contribution in [2.24, 2.45) is 0 Å². The van der Waals surface area contributed by atoms with E-state index in [1.807, 2.05) is 13.8 Å². The molecule has 0 spiro atoms. The van der Waals surface area contributed by atoms with Gasteiger partial charge < -0.3 is 5.32 Å². The third-order valence-corrected chi connectivity index (χ3v) is 1.84. The number of carbonyl (C=O) groups is 1. The first kappa shape index (κ1) is 11.4. The van der Waals surface area contributed by atoms with Crippen LogP contribution in [0.1, 0.15) is 29.8 Å². The van der Waals surface area contributed by atoms with Crippen molar-refractivity contribution in [3.05, 3.63) is 41.7 Å². The monoisotopic (exact) mass is 207 g/mol. The quantitative estimate of drug-likeness (QED) is 0.811. The zero-order valence-corrected chi connectivity index (χ0v) is 8.88. The molecule has 0 saturated heterocycles. The highest BCUT2D eigenvalue weighted by molar-refractivity contribution is 5.94. The van der Waals surface area contributed by atoms with E-state index in [-0.39, 0.29) is 11.9 Å². The number of carbonyl (C=O) groups excluding carboxylic acids is 1. The van der Waals surface area contributed by atoms with Crippen LogP contribution in [0.25, 0.3) is 6.08 Å². The Morgan fingerprint density at radius 1 is 1.47 bits per heavy atom. The molecule has 0 saturated carbocycles. The maximum atomic E-state index is 13.1. The van der Waals surface area contributed by atoms with Gasteiger partial charge in [0.15, 0.2) is 0 Å². The molecular formula is C12H14FNO. The number of halogens is 1. The van der Waals surface area contributed by atoms with Crippen LogP contribution in [0.4, 0.5) is 4.39 Å². The molecule has 1 aromatic rings. The van der Waals surface area contributed by atoms with Gasteiger partial charge in [0, 0.05) is 11.6 Å². The van der Waals surface area contributed by atoms with Crippen LogP contribution in [0, 0.1) is 5.82 Å². The lowest BCUT2D eigenvalue weighted by atomic mass is 10.1. The number of rotatable bonds is 3. The van der Waals surface area contributed by atoms with Crippen molar-refractivity contribution in [1.29, 1.82) is 0 Å². The normalized spacial score (nSPS) is 10.1. The minimum Gasteiger partial charge on any atom is -0.350 e. The second-order valence-corrected chi connectivity index (χ2v) is 3.61. The summed E-state index contributed by atoms with van der Waals surface area (Å²) in [6.45, 7) is 7.24. The van der Waals surface area contributed by atoms with Crippen LogP contribution in [0.5, 0.6) is 0 Å². The molecule has 0 bridgehead atoms. The van der Waals surface area contributed by atoms with E-state index in [4.69, 9.17) is 0 Å². The van der Waals surface area contributed by atoms with Crippen molar-refractivity contribution >= 4 is 12.0 Å². The summed E-state index contributed by atoms with van der Waals surface area (Å²) in [6.07, 6.45) is 1.51. The standard InChI is InChI=1S/C12H14FNO/c1-4-9-5-10(7-11(13)6-9)12(15)14-8(2)3/h4-8H,1H2,2-3H3,(H,14,15). The molecule has 0 aliphatic heterocycles. The van der Waals surface area contributed by atoms with E-state index < -0.39 is 5.82 Å². The highest BCUT2D eigenvalue weighted by atomic mass is 19.1. The zero-order valence-electron chi connectivity index (χ0n) is 8.88. The van der Waals surface area contributed by atoms with Crippen molar-refractivity contribution in [2.75, 3.05) is 0 Å². The van der Waals surface area contributed by atoms with Crippen LogP contribution in [0.3, 0.4) is 0 Å². The van der Waals surface area contributed by atoms with Crippen molar-refractivity contribution in [2.45, 2.75) is 19.9 Å². The van der Waals surface area contributed by atoms with Crippen molar-refractivity contribution in [1.82, 2.24) is 5.32 Å². The Morgan fingerprint density at radius 3 is 2.67 bits per heavy atom. The smallest absolute Gasteiger partial charge is 0.251 e. The SMILES string of the molecule is C=Cc1cc(F)cc(C(=O)NC(C)C)c1. The van der Waals surface area contributed by atoms with Gasteiger partial charge >= 0.3 is 0 Å². The van der Waals surface area contributed by atoms with Gasteiger partial charge in [-0.3, -0.25) is 4.79 Å². The van der Waals surface area contributed by atoms with Gasteiger partial charge in [-0.2, -0.15) is 0 Å². The second kappa shape index (κ2) is 4.73. The summed E-state index contributed by atoms with van der Waals surface area (Å²) in [5.41, 5.74) is 0.919. The van der Waals surface area contributed by atoms with E-state index in [0.717, 1.165) is 0 Å². The Balaban J connectivity index is 2.98. The van der Waals surface area contributed by atoms with Crippen LogP contribution in [0.2, 0.25) is 0 Å². The maximum absolute atomic E-state index is 13.1. The molecule has 0 atom stereocenters. The van der Waals surface area contributed by atoms with Crippen LogP contribution in [-0.4, -0.2) is 11.9 Å². The molecule has 1 aromatic carbocycles. The van der Waals surface area contributed by atoms with Crippen LogP contribution < -0.4 is 5.32 Å². The van der Waals surface area contributed by atoms with E-state index >= 15 is 0 Å². The average molecular weight is 207 g/mol. The fraction of sp³-hybridized carbons (Fsp3) is 0.250. The Morgan fingerprint density at radius 2 is 2.13 bits per heavy atom. The Labute approximate surface area is 88.8 Å². The highest BCUT2D eigenvalue weighted by Gasteiger charge is 2.08. The fourth-order valence-corrected chi connectivity index (χ4v) is 1.21. The molecule has 15 heavy (non-hydrogen) atoms. The van der Waals surface area contributed by atoms with Gasteiger partial charge in [0.1, 0.15) is 5.82 Å². The molecule has 1 N–H and O–H groups in total. The van der Waals surface area contributed by atoms with E-state index in [9.17, 15) is 9.18 Å². The molecule has 0 radical (unpaired) electrons. The largest absolute Gasteiger partial charge is 0.350 e. The van der Waals surface area contributed by atoms with Crippen molar-refractivity contribution < 1.29 is 9.18 Å². The van der Waals surface area contributed by atoms with E-state index in [1.54, 1.807) is 6.07 Å². The van der Waals surface area contributed by atoms with Gasteiger partial charge in [0.2, 0.25) is 0 Å². The number of amides is 1. The highest BCUT2D eigenvalue weighted by Crippen LogP contribution is 2.10. The van der Waals surface area contributed by atoms with Gasteiger partial charge in [-0.05, 0) is 37.6 Å². The molecular weight excluding hydrogens is 193 g/mol. The predicted molar refractivity (Wildman–Crippen MR) is 59.1 cm³/mol. The van der Waals surface area contributed by atoms with Gasteiger partial charge in [-0.15, -0.1) is 0 Å².